The van der Waals surface area contributed by atoms with Crippen molar-refractivity contribution in [3.05, 3.63) is 73.7 Å². The zero-order valence-electron chi connectivity index (χ0n) is 15.8. The van der Waals surface area contributed by atoms with Gasteiger partial charge in [-0.1, -0.05) is 35.5 Å². The van der Waals surface area contributed by atoms with Crippen LogP contribution in [0.3, 0.4) is 0 Å². The molecule has 0 aliphatic rings. The number of aryl methyl sites for hydroxylation is 2. The number of benzene rings is 1. The summed E-state index contributed by atoms with van der Waals surface area (Å²) in [5.74, 6) is 1.08. The molecule has 0 bridgehead atoms. The molecule has 0 spiro atoms. The smallest absolute Gasteiger partial charge is 0.332 e. The highest BCUT2D eigenvalue weighted by atomic mass is 35.5. The summed E-state index contributed by atoms with van der Waals surface area (Å²) in [6.07, 6.45) is 1.54. The number of aromatic nitrogens is 6. The summed E-state index contributed by atoms with van der Waals surface area (Å²) in [4.78, 5) is 36.5. The van der Waals surface area contributed by atoms with Gasteiger partial charge in [-0.2, -0.15) is 9.97 Å². The van der Waals surface area contributed by atoms with E-state index in [9.17, 15) is 9.59 Å². The number of imidazole rings is 1. The van der Waals surface area contributed by atoms with Gasteiger partial charge < -0.3 is 9.51 Å². The minimum atomic E-state index is -0.440. The van der Waals surface area contributed by atoms with E-state index in [1.54, 1.807) is 0 Å². The zero-order valence-corrected chi connectivity index (χ0v) is 16.5. The van der Waals surface area contributed by atoms with Crippen molar-refractivity contribution >= 4 is 22.8 Å². The number of aromatic amines is 1. The van der Waals surface area contributed by atoms with Gasteiger partial charge in [-0.05, 0) is 30.5 Å². The number of rotatable bonds is 7. The highest BCUT2D eigenvalue weighted by molar-refractivity contribution is 6.28. The molecule has 0 saturated heterocycles. The lowest BCUT2D eigenvalue weighted by Gasteiger charge is -2.08. The molecule has 0 saturated carbocycles. The van der Waals surface area contributed by atoms with Crippen molar-refractivity contribution < 1.29 is 4.52 Å². The molecule has 4 rings (SSSR count). The monoisotopic (exact) mass is 414 g/mol. The largest absolute Gasteiger partial charge is 0.339 e. The first-order valence-electron chi connectivity index (χ1n) is 9.31. The average molecular weight is 415 g/mol. The average Bonchev–Trinajstić information content (AvgIpc) is 3.32. The summed E-state index contributed by atoms with van der Waals surface area (Å²) < 4.78 is 7.89. The number of nitrogens with one attached hydrogen (secondary N) is 1. The molecular weight excluding hydrogens is 396 g/mol. The maximum Gasteiger partial charge on any atom is 0.332 e. The minimum absolute atomic E-state index is 0.0771. The van der Waals surface area contributed by atoms with Crippen LogP contribution in [-0.2, 0) is 25.9 Å². The van der Waals surface area contributed by atoms with E-state index >= 15 is 0 Å². The number of H-pyrrole nitrogens is 1. The molecule has 9 nitrogen and oxygen atoms in total. The fourth-order valence-electron chi connectivity index (χ4n) is 3.25. The van der Waals surface area contributed by atoms with Gasteiger partial charge in [0.2, 0.25) is 11.2 Å². The van der Waals surface area contributed by atoms with E-state index < -0.39 is 11.2 Å². The molecule has 150 valence electrons. The quantitative estimate of drug-likeness (QED) is 0.464. The Kier molecular flexibility index (Phi) is 5.30. The summed E-state index contributed by atoms with van der Waals surface area (Å²) in [7, 11) is 0. The lowest BCUT2D eigenvalue weighted by atomic mass is 10.1. The molecule has 0 atom stereocenters. The maximum atomic E-state index is 12.7. The molecule has 1 N–H and O–H groups in total. The summed E-state index contributed by atoms with van der Waals surface area (Å²) in [6, 6.07) is 9.87. The highest BCUT2D eigenvalue weighted by Crippen LogP contribution is 2.10. The Morgan fingerprint density at radius 3 is 2.69 bits per heavy atom. The lowest BCUT2D eigenvalue weighted by molar-refractivity contribution is 0.367. The second-order valence-electron chi connectivity index (χ2n) is 6.58. The van der Waals surface area contributed by atoms with Crippen LogP contribution in [0.1, 0.15) is 30.6 Å². The van der Waals surface area contributed by atoms with Crippen LogP contribution in [0.2, 0.25) is 5.28 Å². The standard InChI is InChI=1S/C19H19ClN6O3/c1-2-25-16-15(22-18(20)23-16)17(27)26(19(25)28)10-6-9-14-21-13(24-29-14)11-12-7-4-3-5-8-12/h3-5,7-8H,2,6,9-11H2,1H3,(H,22,23). The van der Waals surface area contributed by atoms with E-state index in [4.69, 9.17) is 16.1 Å². The molecule has 3 heterocycles. The second kappa shape index (κ2) is 8.04. The van der Waals surface area contributed by atoms with Gasteiger partial charge in [0.25, 0.3) is 5.56 Å². The fraction of sp³-hybridized carbons (Fsp3) is 0.316. The van der Waals surface area contributed by atoms with Crippen molar-refractivity contribution in [3.63, 3.8) is 0 Å². The Bertz CT molecular complexity index is 1250. The van der Waals surface area contributed by atoms with E-state index in [0.717, 1.165) is 5.56 Å². The van der Waals surface area contributed by atoms with Crippen LogP contribution >= 0.6 is 11.6 Å². The lowest BCUT2D eigenvalue weighted by Crippen LogP contribution is -2.40. The second-order valence-corrected chi connectivity index (χ2v) is 6.94. The first-order valence-corrected chi connectivity index (χ1v) is 9.69. The van der Waals surface area contributed by atoms with Gasteiger partial charge in [0.1, 0.15) is 0 Å². The van der Waals surface area contributed by atoms with Crippen LogP contribution in [0.15, 0.2) is 44.4 Å². The molecule has 0 aliphatic carbocycles. The van der Waals surface area contributed by atoms with E-state index in [2.05, 4.69) is 20.1 Å². The van der Waals surface area contributed by atoms with Crippen LogP contribution in [0, 0.1) is 0 Å². The minimum Gasteiger partial charge on any atom is -0.339 e. The summed E-state index contributed by atoms with van der Waals surface area (Å²) in [5, 5.41) is 4.07. The van der Waals surface area contributed by atoms with Crippen LogP contribution in [0.25, 0.3) is 11.2 Å². The Morgan fingerprint density at radius 1 is 1.14 bits per heavy atom. The van der Waals surface area contributed by atoms with Gasteiger partial charge in [-0.15, -0.1) is 0 Å². The molecule has 0 radical (unpaired) electrons. The molecule has 0 aliphatic heterocycles. The molecule has 3 aromatic heterocycles. The topological polar surface area (TPSA) is 112 Å². The number of nitrogens with zero attached hydrogens (tertiary/aromatic N) is 5. The van der Waals surface area contributed by atoms with Crippen molar-refractivity contribution in [3.8, 4) is 0 Å². The Hall–Kier alpha value is -3.20. The molecule has 4 aromatic rings. The third-order valence-electron chi connectivity index (χ3n) is 4.64. The first kappa shape index (κ1) is 19.1. The molecule has 1 aromatic carbocycles. The van der Waals surface area contributed by atoms with Crippen molar-refractivity contribution in [1.82, 2.24) is 29.2 Å². The van der Waals surface area contributed by atoms with Crippen LogP contribution in [0.5, 0.6) is 0 Å². The summed E-state index contributed by atoms with van der Waals surface area (Å²) in [5.41, 5.74) is 0.733. The Balaban J connectivity index is 1.48. The predicted octanol–water partition coefficient (Wildman–Crippen LogP) is 2.17. The fourth-order valence-corrected chi connectivity index (χ4v) is 3.43. The van der Waals surface area contributed by atoms with Crippen LogP contribution < -0.4 is 11.2 Å². The number of fused-ring (bicyclic) bond motifs is 1. The summed E-state index contributed by atoms with van der Waals surface area (Å²) >= 11 is 5.88. The van der Waals surface area contributed by atoms with Crippen LogP contribution in [0.4, 0.5) is 0 Å². The van der Waals surface area contributed by atoms with E-state index in [-0.39, 0.29) is 23.0 Å². The van der Waals surface area contributed by atoms with Crippen molar-refractivity contribution in [2.45, 2.75) is 39.3 Å². The SMILES string of the molecule is CCn1c(=O)n(CCCc2nc(Cc3ccccc3)no2)c(=O)c2[nH]c(Cl)nc21. The van der Waals surface area contributed by atoms with E-state index in [0.29, 0.717) is 37.5 Å². The van der Waals surface area contributed by atoms with Gasteiger partial charge in [-0.3, -0.25) is 13.9 Å². The van der Waals surface area contributed by atoms with Crippen molar-refractivity contribution in [1.29, 1.82) is 0 Å². The third-order valence-corrected chi connectivity index (χ3v) is 4.82. The first-order chi connectivity index (χ1) is 14.1. The summed E-state index contributed by atoms with van der Waals surface area (Å²) in [6.45, 7) is 2.41. The molecule has 0 unspecified atom stereocenters. The zero-order chi connectivity index (χ0) is 20.4. The van der Waals surface area contributed by atoms with Gasteiger partial charge >= 0.3 is 5.69 Å². The molecule has 0 amide bonds. The number of hydrogen-bond acceptors (Lipinski definition) is 6. The van der Waals surface area contributed by atoms with Crippen LogP contribution in [-0.4, -0.2) is 29.2 Å². The molecule has 29 heavy (non-hydrogen) atoms. The molecule has 0 fully saturated rings. The van der Waals surface area contributed by atoms with E-state index in [1.165, 1.54) is 9.13 Å². The van der Waals surface area contributed by atoms with Crippen molar-refractivity contribution in [2.24, 2.45) is 0 Å². The van der Waals surface area contributed by atoms with E-state index in [1.807, 2.05) is 37.3 Å². The number of hydrogen-bond donors (Lipinski definition) is 1. The van der Waals surface area contributed by atoms with Gasteiger partial charge in [0, 0.05) is 25.9 Å². The van der Waals surface area contributed by atoms with Gasteiger partial charge in [-0.25, -0.2) is 4.79 Å². The normalized spacial score (nSPS) is 11.4. The Labute approximate surface area is 170 Å². The van der Waals surface area contributed by atoms with Gasteiger partial charge in [0.05, 0.1) is 0 Å². The third kappa shape index (κ3) is 3.86. The predicted molar refractivity (Wildman–Crippen MR) is 107 cm³/mol. The van der Waals surface area contributed by atoms with Gasteiger partial charge in [0.15, 0.2) is 17.0 Å². The highest BCUT2D eigenvalue weighted by Gasteiger charge is 2.16. The maximum absolute atomic E-state index is 12.7. The molecule has 10 heteroatoms. The van der Waals surface area contributed by atoms with Crippen molar-refractivity contribution in [2.75, 3.05) is 0 Å². The Morgan fingerprint density at radius 2 is 1.93 bits per heavy atom. The number of halogens is 1. The molecular formula is C19H19ClN6O3.